The maximum atomic E-state index is 10.8. The van der Waals surface area contributed by atoms with Gasteiger partial charge in [-0.2, -0.15) is 0 Å². The predicted octanol–water partition coefficient (Wildman–Crippen LogP) is 0.525. The number of hydrogen-bond acceptors (Lipinski definition) is 5. The van der Waals surface area contributed by atoms with Crippen LogP contribution in [0.15, 0.2) is 18.5 Å². The summed E-state index contributed by atoms with van der Waals surface area (Å²) in [5, 5.41) is 11.3. The summed E-state index contributed by atoms with van der Waals surface area (Å²) in [5.74, 6) is 0. The van der Waals surface area contributed by atoms with Crippen LogP contribution in [0.4, 0.5) is 16.2 Å². The lowest BCUT2D eigenvalue weighted by Crippen LogP contribution is -2.53. The van der Waals surface area contributed by atoms with Crippen molar-refractivity contribution in [1.29, 1.82) is 0 Å². The van der Waals surface area contributed by atoms with Crippen LogP contribution in [0.3, 0.4) is 0 Å². The van der Waals surface area contributed by atoms with Crippen molar-refractivity contribution in [2.75, 3.05) is 30.8 Å². The zero-order valence-corrected chi connectivity index (χ0v) is 10.7. The zero-order chi connectivity index (χ0) is 13.8. The Hall–Kier alpha value is -2.02. The zero-order valence-electron chi connectivity index (χ0n) is 10.7. The first-order valence-electron chi connectivity index (χ1n) is 6.07. The van der Waals surface area contributed by atoms with E-state index in [0.717, 1.165) is 5.69 Å². The van der Waals surface area contributed by atoms with Gasteiger partial charge in [0.25, 0.3) is 0 Å². The number of aromatic nitrogens is 1. The van der Waals surface area contributed by atoms with Crippen LogP contribution in [0.5, 0.6) is 0 Å². The number of amides is 1. The largest absolute Gasteiger partial charge is 0.465 e. The number of carbonyl (C=O) groups is 1. The van der Waals surface area contributed by atoms with Crippen LogP contribution in [-0.4, -0.2) is 48.5 Å². The summed E-state index contributed by atoms with van der Waals surface area (Å²) in [6.07, 6.45) is 2.86. The van der Waals surface area contributed by atoms with Crippen LogP contribution in [0.1, 0.15) is 6.42 Å². The van der Waals surface area contributed by atoms with E-state index < -0.39 is 6.09 Å². The Kier molecular flexibility index (Phi) is 4.06. The summed E-state index contributed by atoms with van der Waals surface area (Å²) < 4.78 is 5.36. The Balaban J connectivity index is 2.15. The van der Waals surface area contributed by atoms with Gasteiger partial charge in [0, 0.05) is 26.4 Å². The molecule has 7 nitrogen and oxygen atoms in total. The molecule has 2 heterocycles. The molecule has 0 saturated carbocycles. The average molecular weight is 266 g/mol. The summed E-state index contributed by atoms with van der Waals surface area (Å²) in [7, 11) is 1.63. The van der Waals surface area contributed by atoms with Gasteiger partial charge in [-0.05, 0) is 12.5 Å². The molecule has 1 aliphatic rings. The van der Waals surface area contributed by atoms with E-state index in [1.54, 1.807) is 19.5 Å². The van der Waals surface area contributed by atoms with Crippen LogP contribution < -0.4 is 16.0 Å². The third-order valence-corrected chi connectivity index (χ3v) is 3.24. The fraction of sp³-hybridized carbons (Fsp3) is 0.500. The highest BCUT2D eigenvalue weighted by Crippen LogP contribution is 2.25. The van der Waals surface area contributed by atoms with E-state index in [1.807, 2.05) is 11.0 Å². The molecule has 1 aromatic rings. The lowest BCUT2D eigenvalue weighted by Gasteiger charge is -2.38. The van der Waals surface area contributed by atoms with Crippen LogP contribution in [0.2, 0.25) is 0 Å². The molecule has 4 N–H and O–H groups in total. The Morgan fingerprint density at radius 1 is 1.63 bits per heavy atom. The van der Waals surface area contributed by atoms with Crippen LogP contribution >= 0.6 is 0 Å². The number of piperidine rings is 1. The van der Waals surface area contributed by atoms with E-state index in [1.165, 1.54) is 0 Å². The summed E-state index contributed by atoms with van der Waals surface area (Å²) in [6.45, 7) is 1.25. The highest BCUT2D eigenvalue weighted by Gasteiger charge is 2.29. The van der Waals surface area contributed by atoms with Gasteiger partial charge >= 0.3 is 6.09 Å². The molecule has 19 heavy (non-hydrogen) atoms. The van der Waals surface area contributed by atoms with E-state index in [2.05, 4.69) is 10.3 Å². The summed E-state index contributed by atoms with van der Waals surface area (Å²) in [5.41, 5.74) is 7.34. The second-order valence-corrected chi connectivity index (χ2v) is 4.58. The fourth-order valence-corrected chi connectivity index (χ4v) is 2.39. The van der Waals surface area contributed by atoms with E-state index in [-0.39, 0.29) is 12.1 Å². The van der Waals surface area contributed by atoms with Crippen molar-refractivity contribution in [3.63, 3.8) is 0 Å². The van der Waals surface area contributed by atoms with E-state index >= 15 is 0 Å². The first-order chi connectivity index (χ1) is 9.10. The normalized spacial score (nSPS) is 23.1. The molecule has 1 aromatic heterocycles. The number of nitrogens with zero attached hydrogens (tertiary/aromatic N) is 2. The Labute approximate surface area is 111 Å². The van der Waals surface area contributed by atoms with Crippen molar-refractivity contribution in [1.82, 2.24) is 10.3 Å². The molecule has 0 aliphatic carbocycles. The van der Waals surface area contributed by atoms with Crippen LogP contribution in [-0.2, 0) is 4.74 Å². The molecular formula is C12H18N4O3. The number of nitrogens with one attached hydrogen (secondary N) is 1. The van der Waals surface area contributed by atoms with Crippen LogP contribution in [0.25, 0.3) is 0 Å². The third kappa shape index (κ3) is 3.25. The van der Waals surface area contributed by atoms with Crippen molar-refractivity contribution >= 4 is 17.5 Å². The molecular weight excluding hydrogens is 248 g/mol. The molecule has 1 amide bonds. The topological polar surface area (TPSA) is 101 Å². The standard InChI is InChI=1S/C12H18N4O3/c1-19-9-4-8(15-12(17)18)6-16(7-9)11-2-3-14-5-10(11)13/h2-3,5,8-9,15H,4,6-7,13H2,1H3,(H,17,18). The van der Waals surface area contributed by atoms with Gasteiger partial charge in [0.2, 0.25) is 0 Å². The second kappa shape index (κ2) is 5.75. The molecule has 2 rings (SSSR count). The maximum absolute atomic E-state index is 10.8. The van der Waals surface area contributed by atoms with Gasteiger partial charge in [-0.25, -0.2) is 4.79 Å². The fourth-order valence-electron chi connectivity index (χ4n) is 2.39. The molecule has 1 aliphatic heterocycles. The number of carboxylic acid groups (broad SMARTS) is 1. The number of nitrogen functional groups attached to an aromatic ring is 1. The molecule has 0 bridgehead atoms. The number of hydrogen-bond donors (Lipinski definition) is 3. The molecule has 2 atom stereocenters. The number of anilines is 2. The highest BCUT2D eigenvalue weighted by atomic mass is 16.5. The second-order valence-electron chi connectivity index (χ2n) is 4.58. The number of nitrogens with two attached hydrogens (primary N) is 1. The molecule has 7 heteroatoms. The summed E-state index contributed by atoms with van der Waals surface area (Å²) >= 11 is 0. The number of rotatable bonds is 3. The first kappa shape index (κ1) is 13.4. The van der Waals surface area contributed by atoms with Crippen molar-refractivity contribution in [3.05, 3.63) is 18.5 Å². The molecule has 1 fully saturated rings. The monoisotopic (exact) mass is 266 g/mol. The van der Waals surface area contributed by atoms with Gasteiger partial charge in [0.05, 0.1) is 29.7 Å². The van der Waals surface area contributed by atoms with Gasteiger partial charge in [-0.15, -0.1) is 0 Å². The molecule has 104 valence electrons. The molecule has 0 aromatic carbocycles. The van der Waals surface area contributed by atoms with Crippen LogP contribution in [0, 0.1) is 0 Å². The van der Waals surface area contributed by atoms with E-state index in [0.29, 0.717) is 25.2 Å². The average Bonchev–Trinajstić information content (AvgIpc) is 2.38. The lowest BCUT2D eigenvalue weighted by molar-refractivity contribution is 0.0781. The quantitative estimate of drug-likeness (QED) is 0.737. The van der Waals surface area contributed by atoms with Gasteiger partial charge in [0.15, 0.2) is 0 Å². The van der Waals surface area contributed by atoms with Gasteiger partial charge in [-0.1, -0.05) is 0 Å². The maximum Gasteiger partial charge on any atom is 0.404 e. The SMILES string of the molecule is COC1CC(NC(=O)O)CN(c2ccncc2N)C1. The third-order valence-electron chi connectivity index (χ3n) is 3.24. The van der Waals surface area contributed by atoms with Gasteiger partial charge in [0.1, 0.15) is 0 Å². The lowest BCUT2D eigenvalue weighted by atomic mass is 10.0. The number of ether oxygens (including phenoxy) is 1. The van der Waals surface area contributed by atoms with Crippen molar-refractivity contribution in [2.45, 2.75) is 18.6 Å². The molecule has 0 radical (unpaired) electrons. The van der Waals surface area contributed by atoms with Crippen molar-refractivity contribution in [2.24, 2.45) is 0 Å². The smallest absolute Gasteiger partial charge is 0.404 e. The first-order valence-corrected chi connectivity index (χ1v) is 6.07. The van der Waals surface area contributed by atoms with Crippen molar-refractivity contribution < 1.29 is 14.6 Å². The van der Waals surface area contributed by atoms with E-state index in [9.17, 15) is 4.79 Å². The minimum Gasteiger partial charge on any atom is -0.465 e. The van der Waals surface area contributed by atoms with Gasteiger partial charge in [-0.3, -0.25) is 4.98 Å². The number of pyridine rings is 1. The summed E-state index contributed by atoms with van der Waals surface area (Å²) in [6, 6.07) is 1.65. The molecule has 2 unspecified atom stereocenters. The van der Waals surface area contributed by atoms with Crippen molar-refractivity contribution in [3.8, 4) is 0 Å². The minimum absolute atomic E-state index is 0.0295. The van der Waals surface area contributed by atoms with Gasteiger partial charge < -0.3 is 25.8 Å². The Morgan fingerprint density at radius 3 is 3.05 bits per heavy atom. The molecule has 1 saturated heterocycles. The Bertz CT molecular complexity index is 454. The predicted molar refractivity (Wildman–Crippen MR) is 71.2 cm³/mol. The Morgan fingerprint density at radius 2 is 2.42 bits per heavy atom. The molecule has 0 spiro atoms. The van der Waals surface area contributed by atoms with E-state index in [4.69, 9.17) is 15.6 Å². The number of methoxy groups -OCH3 is 1. The highest BCUT2D eigenvalue weighted by molar-refractivity contribution is 5.67. The summed E-state index contributed by atoms with van der Waals surface area (Å²) in [4.78, 5) is 16.7. The minimum atomic E-state index is -1.02.